The van der Waals surface area contributed by atoms with Crippen LogP contribution < -0.4 is 9.47 Å². The third kappa shape index (κ3) is 3.58. The van der Waals surface area contributed by atoms with Crippen molar-refractivity contribution in [2.45, 2.75) is 6.61 Å². The zero-order chi connectivity index (χ0) is 17.8. The molecule has 0 aliphatic carbocycles. The Hall–Kier alpha value is -3.40. The van der Waals surface area contributed by atoms with Gasteiger partial charge in [-0.25, -0.2) is 13.8 Å². The van der Waals surface area contributed by atoms with Crippen molar-refractivity contribution in [1.82, 2.24) is 4.98 Å². The van der Waals surface area contributed by atoms with Crippen molar-refractivity contribution in [2.75, 3.05) is 7.11 Å². The average molecular weight is 342 g/mol. The van der Waals surface area contributed by atoms with Crippen LogP contribution in [-0.2, 0) is 6.61 Å². The zero-order valence-electron chi connectivity index (χ0n) is 13.1. The summed E-state index contributed by atoms with van der Waals surface area (Å²) in [6.07, 6.45) is 1.37. The minimum Gasteiger partial charge on any atom is -0.493 e. The third-order valence-corrected chi connectivity index (χ3v) is 3.39. The van der Waals surface area contributed by atoms with Gasteiger partial charge < -0.3 is 13.9 Å². The van der Waals surface area contributed by atoms with Gasteiger partial charge in [0, 0.05) is 11.6 Å². The summed E-state index contributed by atoms with van der Waals surface area (Å²) < 4.78 is 42.3. The molecule has 0 amide bonds. The molecule has 0 spiro atoms. The van der Waals surface area contributed by atoms with Crippen molar-refractivity contribution in [3.8, 4) is 29.0 Å². The van der Waals surface area contributed by atoms with Gasteiger partial charge in [-0.05, 0) is 30.3 Å². The number of ether oxygens (including phenoxy) is 2. The molecule has 1 aromatic heterocycles. The summed E-state index contributed by atoms with van der Waals surface area (Å²) in [6, 6.07) is 10.2. The van der Waals surface area contributed by atoms with E-state index in [0.29, 0.717) is 28.3 Å². The summed E-state index contributed by atoms with van der Waals surface area (Å²) >= 11 is 0. The molecule has 0 saturated carbocycles. The minimum absolute atomic E-state index is 0.0788. The number of methoxy groups -OCH3 is 1. The molecule has 0 unspecified atom stereocenters. The van der Waals surface area contributed by atoms with E-state index < -0.39 is 11.6 Å². The highest BCUT2D eigenvalue weighted by molar-refractivity contribution is 5.53. The van der Waals surface area contributed by atoms with Gasteiger partial charge in [0.1, 0.15) is 18.6 Å². The lowest BCUT2D eigenvalue weighted by molar-refractivity contribution is 0.280. The van der Waals surface area contributed by atoms with Gasteiger partial charge in [-0.15, -0.1) is 0 Å². The molecule has 0 bridgehead atoms. The van der Waals surface area contributed by atoms with Gasteiger partial charge in [0.2, 0.25) is 5.89 Å². The van der Waals surface area contributed by atoms with Gasteiger partial charge in [-0.3, -0.25) is 0 Å². The molecule has 0 N–H and O–H groups in total. The number of hydrogen-bond donors (Lipinski definition) is 0. The van der Waals surface area contributed by atoms with Crippen molar-refractivity contribution in [1.29, 1.82) is 5.26 Å². The molecular formula is C18H12F2N2O3. The highest BCUT2D eigenvalue weighted by Crippen LogP contribution is 2.29. The van der Waals surface area contributed by atoms with Crippen molar-refractivity contribution in [2.24, 2.45) is 0 Å². The Bertz CT molecular complexity index is 948. The largest absolute Gasteiger partial charge is 0.493 e. The van der Waals surface area contributed by atoms with Crippen molar-refractivity contribution >= 4 is 0 Å². The van der Waals surface area contributed by atoms with E-state index in [1.807, 2.05) is 6.07 Å². The number of halogens is 2. The lowest BCUT2D eigenvalue weighted by Crippen LogP contribution is -1.98. The average Bonchev–Trinajstić information content (AvgIpc) is 3.11. The molecule has 0 fully saturated rings. The summed E-state index contributed by atoms with van der Waals surface area (Å²) in [5.41, 5.74) is 1.23. The highest BCUT2D eigenvalue weighted by Gasteiger charge is 2.12. The number of nitrogens with zero attached hydrogens (tertiary/aromatic N) is 2. The van der Waals surface area contributed by atoms with Crippen molar-refractivity contribution < 1.29 is 22.7 Å². The lowest BCUT2D eigenvalue weighted by Gasteiger charge is -2.09. The number of nitriles is 1. The van der Waals surface area contributed by atoms with E-state index in [0.717, 1.165) is 12.1 Å². The topological polar surface area (TPSA) is 68.3 Å². The molecule has 2 aromatic carbocycles. The smallest absolute Gasteiger partial charge is 0.226 e. The van der Waals surface area contributed by atoms with E-state index in [9.17, 15) is 8.78 Å². The predicted octanol–water partition coefficient (Wildman–Crippen LogP) is 4.08. The van der Waals surface area contributed by atoms with Crippen LogP contribution >= 0.6 is 0 Å². The van der Waals surface area contributed by atoms with E-state index in [-0.39, 0.29) is 12.5 Å². The van der Waals surface area contributed by atoms with Gasteiger partial charge in [0.05, 0.1) is 18.7 Å². The van der Waals surface area contributed by atoms with Crippen LogP contribution in [0.1, 0.15) is 11.3 Å². The lowest BCUT2D eigenvalue weighted by atomic mass is 10.2. The van der Waals surface area contributed by atoms with Crippen LogP contribution in [0.5, 0.6) is 11.5 Å². The number of oxazole rings is 1. The summed E-state index contributed by atoms with van der Waals surface area (Å²) in [7, 11) is 1.47. The molecule has 3 rings (SSSR count). The Balaban J connectivity index is 1.74. The first-order chi connectivity index (χ1) is 12.1. The Morgan fingerprint density at radius 3 is 2.68 bits per heavy atom. The molecule has 3 aromatic rings. The second kappa shape index (κ2) is 7.01. The van der Waals surface area contributed by atoms with Crippen LogP contribution in [0, 0.1) is 23.0 Å². The fraction of sp³-hybridized carbons (Fsp3) is 0.111. The maximum absolute atomic E-state index is 13.3. The third-order valence-electron chi connectivity index (χ3n) is 3.39. The van der Waals surface area contributed by atoms with Crippen LogP contribution in [0.4, 0.5) is 8.78 Å². The van der Waals surface area contributed by atoms with Gasteiger partial charge in [-0.2, -0.15) is 5.26 Å². The SMILES string of the molecule is COc1cc(C#N)ccc1OCc1coc(-c2ccc(F)c(F)c2)n1. The Labute approximate surface area is 142 Å². The molecule has 0 radical (unpaired) electrons. The Kier molecular flexibility index (Phi) is 4.61. The predicted molar refractivity (Wildman–Crippen MR) is 83.9 cm³/mol. The second-order valence-electron chi connectivity index (χ2n) is 5.04. The van der Waals surface area contributed by atoms with E-state index in [4.69, 9.17) is 19.2 Å². The standard InChI is InChI=1S/C18H12F2N2O3/c1-23-17-6-11(8-21)2-5-16(17)24-9-13-10-25-18(22-13)12-3-4-14(19)15(20)7-12/h2-7,10H,9H2,1H3. The molecule has 7 heteroatoms. The molecule has 5 nitrogen and oxygen atoms in total. The summed E-state index contributed by atoms with van der Waals surface area (Å²) in [5, 5.41) is 8.89. The van der Waals surface area contributed by atoms with E-state index >= 15 is 0 Å². The maximum atomic E-state index is 13.3. The molecule has 0 aliphatic rings. The van der Waals surface area contributed by atoms with Gasteiger partial charge >= 0.3 is 0 Å². The molecule has 0 atom stereocenters. The normalized spacial score (nSPS) is 10.3. The minimum atomic E-state index is -0.976. The van der Waals surface area contributed by atoms with E-state index in [1.165, 1.54) is 19.4 Å². The van der Waals surface area contributed by atoms with Crippen molar-refractivity contribution in [3.63, 3.8) is 0 Å². The first-order valence-electron chi connectivity index (χ1n) is 7.21. The summed E-state index contributed by atoms with van der Waals surface area (Å²) in [4.78, 5) is 4.18. The number of rotatable bonds is 5. The van der Waals surface area contributed by atoms with E-state index in [1.54, 1.807) is 18.2 Å². The molecular weight excluding hydrogens is 330 g/mol. The molecule has 25 heavy (non-hydrogen) atoms. The molecule has 0 aliphatic heterocycles. The monoisotopic (exact) mass is 342 g/mol. The Morgan fingerprint density at radius 1 is 1.12 bits per heavy atom. The fourth-order valence-electron chi connectivity index (χ4n) is 2.14. The number of benzene rings is 2. The van der Waals surface area contributed by atoms with E-state index in [2.05, 4.69) is 4.98 Å². The second-order valence-corrected chi connectivity index (χ2v) is 5.04. The van der Waals surface area contributed by atoms with Gasteiger partial charge in [-0.1, -0.05) is 0 Å². The first kappa shape index (κ1) is 16.5. The molecule has 126 valence electrons. The first-order valence-corrected chi connectivity index (χ1v) is 7.21. The van der Waals surface area contributed by atoms with Crippen LogP contribution in [0.25, 0.3) is 11.5 Å². The van der Waals surface area contributed by atoms with Crippen molar-refractivity contribution in [3.05, 3.63) is 65.6 Å². The van der Waals surface area contributed by atoms with Gasteiger partial charge in [0.15, 0.2) is 23.1 Å². The fourth-order valence-corrected chi connectivity index (χ4v) is 2.14. The quantitative estimate of drug-likeness (QED) is 0.699. The van der Waals surface area contributed by atoms with Crippen LogP contribution in [-0.4, -0.2) is 12.1 Å². The maximum Gasteiger partial charge on any atom is 0.226 e. The summed E-state index contributed by atoms with van der Waals surface area (Å²) in [6.45, 7) is 0.0788. The Morgan fingerprint density at radius 2 is 1.96 bits per heavy atom. The van der Waals surface area contributed by atoms with Crippen LogP contribution in [0.3, 0.4) is 0 Å². The molecule has 0 saturated heterocycles. The van der Waals surface area contributed by atoms with Crippen LogP contribution in [0.15, 0.2) is 47.1 Å². The number of aromatic nitrogens is 1. The van der Waals surface area contributed by atoms with Gasteiger partial charge in [0.25, 0.3) is 0 Å². The summed E-state index contributed by atoms with van der Waals surface area (Å²) in [5.74, 6) is -0.894. The zero-order valence-corrected chi connectivity index (χ0v) is 13.1. The highest BCUT2D eigenvalue weighted by atomic mass is 19.2. The number of hydrogen-bond acceptors (Lipinski definition) is 5. The molecule has 1 heterocycles. The van der Waals surface area contributed by atoms with Crippen LogP contribution in [0.2, 0.25) is 0 Å².